The molecule has 1 amide bonds. The normalized spacial score (nSPS) is 23.6. The van der Waals surface area contributed by atoms with Gasteiger partial charge < -0.3 is 24.6 Å². The van der Waals surface area contributed by atoms with Crippen LogP contribution in [-0.2, 0) is 15.9 Å². The van der Waals surface area contributed by atoms with Crippen molar-refractivity contribution in [2.24, 2.45) is 5.41 Å². The Hall–Kier alpha value is -3.40. The average Bonchev–Trinajstić information content (AvgIpc) is 3.52. The summed E-state index contributed by atoms with van der Waals surface area (Å²) < 4.78 is 13.9. The second-order valence-electron chi connectivity index (χ2n) is 14.2. The van der Waals surface area contributed by atoms with E-state index in [1.165, 1.54) is 30.4 Å². The number of rotatable bonds is 4. The number of hydrogen-bond acceptors (Lipinski definition) is 8. The predicted octanol–water partition coefficient (Wildman–Crippen LogP) is 6.23. The zero-order valence-corrected chi connectivity index (χ0v) is 26.8. The lowest BCUT2D eigenvalue weighted by Crippen LogP contribution is -2.48. The van der Waals surface area contributed by atoms with Crippen LogP contribution in [-0.4, -0.2) is 64.2 Å². The van der Waals surface area contributed by atoms with Crippen LogP contribution in [0.3, 0.4) is 0 Å². The lowest BCUT2D eigenvalue weighted by Gasteiger charge is -2.44. The molecule has 3 aromatic rings. The zero-order chi connectivity index (χ0) is 30.5. The predicted molar refractivity (Wildman–Crippen MR) is 171 cm³/mol. The van der Waals surface area contributed by atoms with E-state index in [1.54, 1.807) is 0 Å². The Morgan fingerprint density at radius 1 is 0.977 bits per heavy atom. The lowest BCUT2D eigenvalue weighted by atomic mass is 9.72. The van der Waals surface area contributed by atoms with Gasteiger partial charge in [-0.15, -0.1) is 5.10 Å². The number of alkyl carbamates (subject to hydrolysis) is 1. The molecule has 1 N–H and O–H groups in total. The van der Waals surface area contributed by atoms with Crippen LogP contribution in [0.25, 0.3) is 11.2 Å². The van der Waals surface area contributed by atoms with Gasteiger partial charge in [-0.2, -0.15) is 0 Å². The summed E-state index contributed by atoms with van der Waals surface area (Å²) in [6, 6.07) is 8.46. The molecule has 3 fully saturated rings. The van der Waals surface area contributed by atoms with Crippen molar-refractivity contribution < 1.29 is 14.3 Å². The number of aryl methyl sites for hydroxylation is 1. The molecule has 2 aromatic heterocycles. The first-order chi connectivity index (χ1) is 21.2. The maximum atomic E-state index is 13.0. The van der Waals surface area contributed by atoms with Gasteiger partial charge in [-0.1, -0.05) is 24.3 Å². The Balaban J connectivity index is 1.17. The van der Waals surface area contributed by atoms with Crippen molar-refractivity contribution in [2.75, 3.05) is 42.6 Å². The summed E-state index contributed by atoms with van der Waals surface area (Å²) in [7, 11) is 0. The van der Waals surface area contributed by atoms with Crippen LogP contribution in [0, 0.1) is 12.3 Å². The van der Waals surface area contributed by atoms with Gasteiger partial charge in [0.15, 0.2) is 29.0 Å². The summed E-state index contributed by atoms with van der Waals surface area (Å²) in [4.78, 5) is 28.3. The van der Waals surface area contributed by atoms with E-state index < -0.39 is 5.60 Å². The summed E-state index contributed by atoms with van der Waals surface area (Å²) in [5.74, 6) is 1.88. The van der Waals surface area contributed by atoms with Crippen LogP contribution >= 0.6 is 0 Å². The first-order valence-corrected chi connectivity index (χ1v) is 16.7. The summed E-state index contributed by atoms with van der Waals surface area (Å²) in [6.45, 7) is 12.3. The number of fused-ring (bicyclic) bond motifs is 2. The molecular formula is C34H47N7O3. The van der Waals surface area contributed by atoms with Crippen molar-refractivity contribution in [3.8, 4) is 0 Å². The van der Waals surface area contributed by atoms with Gasteiger partial charge in [-0.25, -0.2) is 19.4 Å². The van der Waals surface area contributed by atoms with Crippen LogP contribution in [0.15, 0.2) is 24.3 Å². The minimum absolute atomic E-state index is 0.0678. The topological polar surface area (TPSA) is 97.6 Å². The molecule has 44 heavy (non-hydrogen) atoms. The molecule has 1 unspecified atom stereocenters. The van der Waals surface area contributed by atoms with E-state index in [-0.39, 0.29) is 23.8 Å². The number of piperidine rings is 2. The molecule has 7 rings (SSSR count). The van der Waals surface area contributed by atoms with E-state index in [0.29, 0.717) is 0 Å². The highest BCUT2D eigenvalue weighted by atomic mass is 16.6. The van der Waals surface area contributed by atoms with Crippen LogP contribution in [0.2, 0.25) is 0 Å². The maximum absolute atomic E-state index is 13.0. The summed E-state index contributed by atoms with van der Waals surface area (Å²) in [5, 5.41) is 8.41. The van der Waals surface area contributed by atoms with Gasteiger partial charge in [0.05, 0.1) is 11.7 Å². The number of nitrogens with zero attached hydrogens (tertiary/aromatic N) is 6. The molecule has 236 valence electrons. The molecule has 5 heterocycles. The van der Waals surface area contributed by atoms with Crippen LogP contribution in [0.1, 0.15) is 101 Å². The SMILES string of the molecule is Cc1nc2c(N3CCCCC3)nn(C3CCCCO3)c2nc1N1CCC2(CC1)Cc1ccccc1[C@H]2NC(=O)OC(C)(C)C. The third-order valence-corrected chi connectivity index (χ3v) is 9.98. The number of anilines is 2. The summed E-state index contributed by atoms with van der Waals surface area (Å²) in [6.07, 6.45) is 9.17. The van der Waals surface area contributed by atoms with Gasteiger partial charge in [0.1, 0.15) is 5.60 Å². The van der Waals surface area contributed by atoms with Crippen molar-refractivity contribution in [3.05, 3.63) is 41.1 Å². The molecule has 4 aliphatic rings. The zero-order valence-electron chi connectivity index (χ0n) is 26.8. The van der Waals surface area contributed by atoms with Crippen molar-refractivity contribution in [3.63, 3.8) is 0 Å². The van der Waals surface area contributed by atoms with E-state index in [4.69, 9.17) is 24.5 Å². The molecule has 0 bridgehead atoms. The quantitative estimate of drug-likeness (QED) is 0.376. The largest absolute Gasteiger partial charge is 0.444 e. The molecule has 1 aliphatic carbocycles. The van der Waals surface area contributed by atoms with Gasteiger partial charge in [0.25, 0.3) is 0 Å². The first kappa shape index (κ1) is 29.3. The highest BCUT2D eigenvalue weighted by Gasteiger charge is 2.49. The van der Waals surface area contributed by atoms with Gasteiger partial charge >= 0.3 is 6.09 Å². The molecule has 10 heteroatoms. The Bertz CT molecular complexity index is 1510. The fraction of sp³-hybridized carbons (Fsp3) is 0.647. The molecule has 2 atom stereocenters. The lowest BCUT2D eigenvalue weighted by molar-refractivity contribution is -0.0369. The summed E-state index contributed by atoms with van der Waals surface area (Å²) >= 11 is 0. The highest BCUT2D eigenvalue weighted by Crippen LogP contribution is 2.52. The number of ether oxygens (including phenoxy) is 2. The van der Waals surface area contributed by atoms with Gasteiger partial charge in [-0.3, -0.25) is 0 Å². The fourth-order valence-electron chi connectivity index (χ4n) is 7.82. The number of hydrogen-bond donors (Lipinski definition) is 1. The molecule has 3 aliphatic heterocycles. The minimum atomic E-state index is -0.545. The summed E-state index contributed by atoms with van der Waals surface area (Å²) in [5.41, 5.74) is 4.58. The number of carbonyl (C=O) groups is 1. The van der Waals surface area contributed by atoms with Crippen molar-refractivity contribution in [1.29, 1.82) is 0 Å². The monoisotopic (exact) mass is 601 g/mol. The molecule has 0 radical (unpaired) electrons. The standard InChI is InChI=1S/C34H47N7O3/c1-23-29(37-30-27(35-23)31(39-17-9-5-10-18-39)38-41(30)26-14-8-11-21-43-26)40-19-15-34(16-20-40)22-24-12-6-7-13-25(24)28(34)36-32(42)44-33(2,3)4/h6-7,12-13,26,28H,5,8-11,14-22H2,1-4H3,(H,36,42)/t26?,28-/m1/s1. The number of benzene rings is 1. The van der Waals surface area contributed by atoms with Crippen LogP contribution < -0.4 is 15.1 Å². The van der Waals surface area contributed by atoms with E-state index in [1.807, 2.05) is 25.5 Å². The number of amides is 1. The maximum Gasteiger partial charge on any atom is 0.408 e. The Labute approximate surface area is 260 Å². The van der Waals surface area contributed by atoms with Gasteiger partial charge in [0, 0.05) is 38.2 Å². The molecular weight excluding hydrogens is 554 g/mol. The Morgan fingerprint density at radius 2 is 1.73 bits per heavy atom. The van der Waals surface area contributed by atoms with Crippen LogP contribution in [0.4, 0.5) is 16.4 Å². The number of nitrogens with one attached hydrogen (secondary N) is 1. The number of carbonyl (C=O) groups excluding carboxylic acids is 1. The molecule has 0 saturated carbocycles. The second-order valence-corrected chi connectivity index (χ2v) is 14.2. The second kappa shape index (κ2) is 11.5. The van der Waals surface area contributed by atoms with E-state index in [9.17, 15) is 4.79 Å². The molecule has 1 aromatic carbocycles. The van der Waals surface area contributed by atoms with Gasteiger partial charge in [-0.05, 0) is 96.6 Å². The van der Waals surface area contributed by atoms with E-state index in [2.05, 4.69) is 46.3 Å². The Kier molecular flexibility index (Phi) is 7.67. The van der Waals surface area contributed by atoms with Crippen molar-refractivity contribution >= 4 is 28.9 Å². The molecule has 1 spiro atoms. The average molecular weight is 602 g/mol. The van der Waals surface area contributed by atoms with E-state index in [0.717, 1.165) is 99.8 Å². The van der Waals surface area contributed by atoms with Gasteiger partial charge in [0.2, 0.25) is 0 Å². The molecule has 10 nitrogen and oxygen atoms in total. The van der Waals surface area contributed by atoms with Crippen LogP contribution in [0.5, 0.6) is 0 Å². The minimum Gasteiger partial charge on any atom is -0.444 e. The molecule has 3 saturated heterocycles. The van der Waals surface area contributed by atoms with E-state index >= 15 is 0 Å². The third kappa shape index (κ3) is 5.50. The Morgan fingerprint density at radius 3 is 2.45 bits per heavy atom. The highest BCUT2D eigenvalue weighted by molar-refractivity contribution is 5.85. The number of aromatic nitrogens is 4. The first-order valence-electron chi connectivity index (χ1n) is 16.7. The van der Waals surface area contributed by atoms with Crippen molar-refractivity contribution in [1.82, 2.24) is 25.1 Å². The van der Waals surface area contributed by atoms with Crippen molar-refractivity contribution in [2.45, 2.75) is 103 Å². The third-order valence-electron chi connectivity index (χ3n) is 9.98. The fourth-order valence-corrected chi connectivity index (χ4v) is 7.82. The smallest absolute Gasteiger partial charge is 0.408 e.